The van der Waals surface area contributed by atoms with Crippen LogP contribution >= 0.6 is 0 Å². The number of piperidine rings is 1. The van der Waals surface area contributed by atoms with Crippen LogP contribution in [0.15, 0.2) is 0 Å². The SMILES string of the molecule is CCCCNC(=O)CN1CCC(C)C(N)C1. The zero-order valence-corrected chi connectivity index (χ0v) is 10.5. The lowest BCUT2D eigenvalue weighted by molar-refractivity contribution is -0.122. The minimum absolute atomic E-state index is 0.134. The van der Waals surface area contributed by atoms with E-state index in [-0.39, 0.29) is 11.9 Å². The summed E-state index contributed by atoms with van der Waals surface area (Å²) < 4.78 is 0. The largest absolute Gasteiger partial charge is 0.355 e. The summed E-state index contributed by atoms with van der Waals surface area (Å²) in [5.41, 5.74) is 5.99. The topological polar surface area (TPSA) is 58.4 Å². The lowest BCUT2D eigenvalue weighted by Crippen LogP contribution is -2.50. The van der Waals surface area contributed by atoms with E-state index >= 15 is 0 Å². The van der Waals surface area contributed by atoms with E-state index in [1.165, 1.54) is 0 Å². The van der Waals surface area contributed by atoms with Gasteiger partial charge in [0.1, 0.15) is 0 Å². The number of rotatable bonds is 5. The Morgan fingerprint density at radius 3 is 2.94 bits per heavy atom. The molecule has 0 aliphatic carbocycles. The van der Waals surface area contributed by atoms with Gasteiger partial charge in [0.2, 0.25) is 5.91 Å². The van der Waals surface area contributed by atoms with E-state index in [9.17, 15) is 4.79 Å². The summed E-state index contributed by atoms with van der Waals surface area (Å²) >= 11 is 0. The monoisotopic (exact) mass is 227 g/mol. The highest BCUT2D eigenvalue weighted by molar-refractivity contribution is 5.77. The lowest BCUT2D eigenvalue weighted by atomic mass is 9.94. The quantitative estimate of drug-likeness (QED) is 0.675. The van der Waals surface area contributed by atoms with Crippen molar-refractivity contribution < 1.29 is 4.79 Å². The van der Waals surface area contributed by atoms with Gasteiger partial charge in [0.05, 0.1) is 6.54 Å². The van der Waals surface area contributed by atoms with Crippen molar-refractivity contribution >= 4 is 5.91 Å². The number of carbonyl (C=O) groups excluding carboxylic acids is 1. The Kier molecular flexibility index (Phi) is 5.77. The Labute approximate surface area is 98.6 Å². The molecule has 0 spiro atoms. The Hall–Kier alpha value is -0.610. The standard InChI is InChI=1S/C12H25N3O/c1-3-4-6-14-12(16)9-15-7-5-10(2)11(13)8-15/h10-11H,3-9,13H2,1-2H3,(H,14,16). The van der Waals surface area contributed by atoms with E-state index < -0.39 is 0 Å². The van der Waals surface area contributed by atoms with Gasteiger partial charge in [0, 0.05) is 19.1 Å². The van der Waals surface area contributed by atoms with Crippen molar-refractivity contribution in [1.82, 2.24) is 10.2 Å². The maximum Gasteiger partial charge on any atom is 0.234 e. The minimum atomic E-state index is 0.134. The molecular weight excluding hydrogens is 202 g/mol. The minimum Gasteiger partial charge on any atom is -0.355 e. The van der Waals surface area contributed by atoms with Crippen molar-refractivity contribution in [1.29, 1.82) is 0 Å². The van der Waals surface area contributed by atoms with Gasteiger partial charge in [0.15, 0.2) is 0 Å². The van der Waals surface area contributed by atoms with Crippen LogP contribution in [0.5, 0.6) is 0 Å². The third-order valence-corrected chi connectivity index (χ3v) is 3.32. The van der Waals surface area contributed by atoms with Crippen LogP contribution in [0, 0.1) is 5.92 Å². The van der Waals surface area contributed by atoms with Crippen LogP contribution in [0.1, 0.15) is 33.1 Å². The number of nitrogens with one attached hydrogen (secondary N) is 1. The molecule has 0 aromatic heterocycles. The number of likely N-dealkylation sites (tertiary alicyclic amines) is 1. The number of hydrogen-bond donors (Lipinski definition) is 2. The summed E-state index contributed by atoms with van der Waals surface area (Å²) in [5, 5.41) is 2.94. The maximum atomic E-state index is 11.6. The van der Waals surface area contributed by atoms with Crippen molar-refractivity contribution in [3.8, 4) is 0 Å². The third kappa shape index (κ3) is 4.49. The van der Waals surface area contributed by atoms with Crippen LogP contribution < -0.4 is 11.1 Å². The van der Waals surface area contributed by atoms with Crippen molar-refractivity contribution in [2.24, 2.45) is 11.7 Å². The van der Waals surface area contributed by atoms with Crippen LogP contribution in [0.25, 0.3) is 0 Å². The summed E-state index contributed by atoms with van der Waals surface area (Å²) in [7, 11) is 0. The molecule has 0 bridgehead atoms. The first-order chi connectivity index (χ1) is 7.63. The number of nitrogens with two attached hydrogens (primary N) is 1. The fraction of sp³-hybridized carbons (Fsp3) is 0.917. The number of nitrogens with zero attached hydrogens (tertiary/aromatic N) is 1. The second-order valence-electron chi connectivity index (χ2n) is 4.87. The third-order valence-electron chi connectivity index (χ3n) is 3.32. The lowest BCUT2D eigenvalue weighted by Gasteiger charge is -2.34. The average molecular weight is 227 g/mol. The zero-order valence-electron chi connectivity index (χ0n) is 10.5. The van der Waals surface area contributed by atoms with E-state index in [1.807, 2.05) is 0 Å². The molecule has 1 rings (SSSR count). The first kappa shape index (κ1) is 13.5. The molecule has 1 saturated heterocycles. The molecule has 2 atom stereocenters. The van der Waals surface area contributed by atoms with Crippen molar-refractivity contribution in [3.05, 3.63) is 0 Å². The molecule has 1 fully saturated rings. The van der Waals surface area contributed by atoms with Gasteiger partial charge < -0.3 is 11.1 Å². The predicted molar refractivity (Wildman–Crippen MR) is 66.1 cm³/mol. The van der Waals surface area contributed by atoms with Gasteiger partial charge in [-0.25, -0.2) is 0 Å². The normalized spacial score (nSPS) is 26.7. The molecule has 1 aliphatic rings. The molecule has 0 radical (unpaired) electrons. The first-order valence-corrected chi connectivity index (χ1v) is 6.38. The van der Waals surface area contributed by atoms with E-state index in [1.54, 1.807) is 0 Å². The van der Waals surface area contributed by atoms with Gasteiger partial charge in [0.25, 0.3) is 0 Å². The number of carbonyl (C=O) groups is 1. The number of hydrogen-bond acceptors (Lipinski definition) is 3. The molecule has 16 heavy (non-hydrogen) atoms. The van der Waals surface area contributed by atoms with Gasteiger partial charge in [-0.05, 0) is 25.3 Å². The summed E-state index contributed by atoms with van der Waals surface area (Å²) in [6, 6.07) is 0.220. The van der Waals surface area contributed by atoms with Crippen LogP contribution in [0.2, 0.25) is 0 Å². The second-order valence-corrected chi connectivity index (χ2v) is 4.87. The van der Waals surface area contributed by atoms with Crippen LogP contribution in [0.4, 0.5) is 0 Å². The molecule has 1 heterocycles. The Balaban J connectivity index is 2.19. The molecule has 2 unspecified atom stereocenters. The Morgan fingerprint density at radius 1 is 1.56 bits per heavy atom. The predicted octanol–water partition coefficient (Wildman–Crippen LogP) is 0.572. The van der Waals surface area contributed by atoms with Crippen molar-refractivity contribution in [3.63, 3.8) is 0 Å². The molecule has 0 aromatic rings. The maximum absolute atomic E-state index is 11.6. The van der Waals surface area contributed by atoms with Gasteiger partial charge in [-0.2, -0.15) is 0 Å². The van der Waals surface area contributed by atoms with E-state index in [0.29, 0.717) is 12.5 Å². The van der Waals surface area contributed by atoms with Crippen LogP contribution in [-0.4, -0.2) is 43.0 Å². The first-order valence-electron chi connectivity index (χ1n) is 6.38. The summed E-state index contributed by atoms with van der Waals surface area (Å²) in [6.45, 7) is 7.45. The molecule has 4 nitrogen and oxygen atoms in total. The second kappa shape index (κ2) is 6.86. The van der Waals surface area contributed by atoms with Crippen molar-refractivity contribution in [2.75, 3.05) is 26.2 Å². The number of unbranched alkanes of at least 4 members (excludes halogenated alkanes) is 1. The molecule has 1 aliphatic heterocycles. The Bertz CT molecular complexity index is 220. The fourth-order valence-corrected chi connectivity index (χ4v) is 1.98. The average Bonchev–Trinajstić information content (AvgIpc) is 2.24. The Morgan fingerprint density at radius 2 is 2.31 bits per heavy atom. The van der Waals surface area contributed by atoms with E-state index in [4.69, 9.17) is 5.73 Å². The molecule has 1 amide bonds. The molecule has 3 N–H and O–H groups in total. The summed E-state index contributed by atoms with van der Waals surface area (Å²) in [4.78, 5) is 13.7. The molecule has 4 heteroatoms. The fourth-order valence-electron chi connectivity index (χ4n) is 1.98. The van der Waals surface area contributed by atoms with Gasteiger partial charge >= 0.3 is 0 Å². The molecule has 0 saturated carbocycles. The van der Waals surface area contributed by atoms with E-state index in [0.717, 1.165) is 38.9 Å². The van der Waals surface area contributed by atoms with Gasteiger partial charge in [-0.3, -0.25) is 9.69 Å². The van der Waals surface area contributed by atoms with E-state index in [2.05, 4.69) is 24.1 Å². The highest BCUT2D eigenvalue weighted by Crippen LogP contribution is 2.14. The van der Waals surface area contributed by atoms with Gasteiger partial charge in [-0.15, -0.1) is 0 Å². The molecule has 94 valence electrons. The van der Waals surface area contributed by atoms with Crippen molar-refractivity contribution in [2.45, 2.75) is 39.2 Å². The van der Waals surface area contributed by atoms with Gasteiger partial charge in [-0.1, -0.05) is 20.3 Å². The number of amides is 1. The smallest absolute Gasteiger partial charge is 0.234 e. The summed E-state index contributed by atoms with van der Waals surface area (Å²) in [6.07, 6.45) is 3.28. The highest BCUT2D eigenvalue weighted by atomic mass is 16.2. The molecule has 0 aromatic carbocycles. The zero-order chi connectivity index (χ0) is 12.0. The van der Waals surface area contributed by atoms with Crippen LogP contribution in [-0.2, 0) is 4.79 Å². The summed E-state index contributed by atoms with van der Waals surface area (Å²) in [5.74, 6) is 0.717. The van der Waals surface area contributed by atoms with Crippen LogP contribution in [0.3, 0.4) is 0 Å². The highest BCUT2D eigenvalue weighted by Gasteiger charge is 2.23. The molecular formula is C12H25N3O.